The van der Waals surface area contributed by atoms with E-state index in [0.29, 0.717) is 22.7 Å². The summed E-state index contributed by atoms with van der Waals surface area (Å²) < 4.78 is 10.5. The predicted octanol–water partition coefficient (Wildman–Crippen LogP) is 3.96. The van der Waals surface area contributed by atoms with E-state index in [9.17, 15) is 4.79 Å². The Bertz CT molecular complexity index is 707. The van der Waals surface area contributed by atoms with Crippen molar-refractivity contribution in [2.75, 3.05) is 7.11 Å². The van der Waals surface area contributed by atoms with Gasteiger partial charge in [-0.1, -0.05) is 18.2 Å². The quantitative estimate of drug-likeness (QED) is 0.371. The highest BCUT2D eigenvalue weighted by Gasteiger charge is 2.17. The summed E-state index contributed by atoms with van der Waals surface area (Å²) in [5, 5.41) is 2.30. The Morgan fingerprint density at radius 3 is 2.57 bits per heavy atom. The first kappa shape index (κ1) is 14.9. The zero-order chi connectivity index (χ0) is 15.2. The molecule has 0 radical (unpaired) electrons. The third-order valence-electron chi connectivity index (χ3n) is 2.86. The monoisotopic (exact) mass is 299 g/mol. The Hall–Kier alpha value is -2.49. The fourth-order valence-corrected chi connectivity index (χ4v) is 1.92. The largest absolute Gasteiger partial charge is 0.496 e. The summed E-state index contributed by atoms with van der Waals surface area (Å²) in [5.41, 5.74) is 1.73. The van der Waals surface area contributed by atoms with Gasteiger partial charge >= 0.3 is 5.97 Å². The minimum Gasteiger partial charge on any atom is -0.496 e. The van der Waals surface area contributed by atoms with Crippen molar-refractivity contribution in [1.82, 2.24) is 0 Å². The number of carbonyl (C=O) groups excluding carboxylic acids is 1. The smallest absolute Gasteiger partial charge is 0.347 e. The molecule has 0 heterocycles. The molecular formula is C16H13NO3S. The summed E-state index contributed by atoms with van der Waals surface area (Å²) >= 11 is 4.60. The molecule has 0 aliphatic carbocycles. The number of benzene rings is 2. The highest BCUT2D eigenvalue weighted by atomic mass is 32.1. The summed E-state index contributed by atoms with van der Waals surface area (Å²) in [6, 6.07) is 12.2. The Balaban J connectivity index is 2.36. The molecule has 0 fully saturated rings. The van der Waals surface area contributed by atoms with E-state index >= 15 is 0 Å². The van der Waals surface area contributed by atoms with Gasteiger partial charge in [-0.3, -0.25) is 0 Å². The van der Waals surface area contributed by atoms with Crippen molar-refractivity contribution in [3.63, 3.8) is 0 Å². The molecule has 0 saturated carbocycles. The number of rotatable bonds is 4. The van der Waals surface area contributed by atoms with Crippen molar-refractivity contribution >= 4 is 29.0 Å². The zero-order valence-electron chi connectivity index (χ0n) is 11.6. The Labute approximate surface area is 128 Å². The van der Waals surface area contributed by atoms with Crippen LogP contribution < -0.4 is 9.47 Å². The van der Waals surface area contributed by atoms with Crippen LogP contribution in [0.5, 0.6) is 11.5 Å². The van der Waals surface area contributed by atoms with Gasteiger partial charge in [-0.25, -0.2) is 4.79 Å². The van der Waals surface area contributed by atoms with Crippen molar-refractivity contribution in [2.24, 2.45) is 4.99 Å². The summed E-state index contributed by atoms with van der Waals surface area (Å²) in [7, 11) is 1.48. The van der Waals surface area contributed by atoms with Crippen LogP contribution in [0, 0.1) is 6.92 Å². The highest BCUT2D eigenvalue weighted by Crippen LogP contribution is 2.29. The van der Waals surface area contributed by atoms with Gasteiger partial charge < -0.3 is 9.47 Å². The average Bonchev–Trinajstić information content (AvgIpc) is 2.50. The third kappa shape index (κ3) is 3.54. The van der Waals surface area contributed by atoms with E-state index in [1.165, 1.54) is 7.11 Å². The van der Waals surface area contributed by atoms with E-state index in [1.807, 2.05) is 13.0 Å². The van der Waals surface area contributed by atoms with Crippen LogP contribution in [0.15, 0.2) is 47.5 Å². The number of hydrogen-bond donors (Lipinski definition) is 0. The topological polar surface area (TPSA) is 47.9 Å². The standard InChI is InChI=1S/C16H13NO3S/c1-11-8-13(15(19-2)9-14(11)17-10-21)16(18)20-12-6-4-3-5-7-12/h3-9H,1-2H3. The van der Waals surface area contributed by atoms with Crippen LogP contribution in [0.1, 0.15) is 15.9 Å². The second-order valence-electron chi connectivity index (χ2n) is 4.24. The van der Waals surface area contributed by atoms with Crippen molar-refractivity contribution < 1.29 is 14.3 Å². The van der Waals surface area contributed by atoms with Gasteiger partial charge in [0, 0.05) is 6.07 Å². The van der Waals surface area contributed by atoms with Crippen LogP contribution in [-0.4, -0.2) is 18.2 Å². The maximum atomic E-state index is 12.2. The Morgan fingerprint density at radius 1 is 1.24 bits per heavy atom. The molecule has 4 nitrogen and oxygen atoms in total. The number of hydrogen-bond acceptors (Lipinski definition) is 5. The first-order valence-electron chi connectivity index (χ1n) is 6.19. The lowest BCUT2D eigenvalue weighted by molar-refractivity contribution is 0.0731. The molecule has 0 amide bonds. The van der Waals surface area contributed by atoms with E-state index in [-0.39, 0.29) is 0 Å². The molecule has 2 rings (SSSR count). The summed E-state index contributed by atoms with van der Waals surface area (Å²) in [6.07, 6.45) is 0. The van der Waals surface area contributed by atoms with E-state index in [1.54, 1.807) is 36.4 Å². The molecular weight excluding hydrogens is 286 g/mol. The first-order chi connectivity index (χ1) is 10.2. The molecule has 2 aromatic rings. The van der Waals surface area contributed by atoms with Gasteiger partial charge in [0.15, 0.2) is 0 Å². The van der Waals surface area contributed by atoms with Gasteiger partial charge in [-0.2, -0.15) is 4.99 Å². The minimum atomic E-state index is -0.487. The van der Waals surface area contributed by atoms with Gasteiger partial charge in [0.1, 0.15) is 17.1 Å². The number of isothiocyanates is 1. The van der Waals surface area contributed by atoms with Crippen LogP contribution >= 0.6 is 12.2 Å². The van der Waals surface area contributed by atoms with Gasteiger partial charge in [-0.15, -0.1) is 0 Å². The lowest BCUT2D eigenvalue weighted by Gasteiger charge is -2.10. The number of para-hydroxylation sites is 1. The Morgan fingerprint density at radius 2 is 1.95 bits per heavy atom. The summed E-state index contributed by atoms with van der Waals surface area (Å²) in [4.78, 5) is 16.2. The SMILES string of the molecule is COc1cc(N=C=S)c(C)cc1C(=O)Oc1ccccc1. The second-order valence-corrected chi connectivity index (χ2v) is 4.43. The molecule has 0 atom stereocenters. The lowest BCUT2D eigenvalue weighted by Crippen LogP contribution is -2.10. The van der Waals surface area contributed by atoms with Gasteiger partial charge in [0.05, 0.1) is 18.0 Å². The summed E-state index contributed by atoms with van der Waals surface area (Å²) in [5.74, 6) is 0.368. The molecule has 0 saturated heterocycles. The van der Waals surface area contributed by atoms with Crippen LogP contribution in [0.3, 0.4) is 0 Å². The molecule has 2 aromatic carbocycles. The average molecular weight is 299 g/mol. The minimum absolute atomic E-state index is 0.335. The zero-order valence-corrected chi connectivity index (χ0v) is 12.4. The number of methoxy groups -OCH3 is 1. The molecule has 0 spiro atoms. The molecule has 0 bridgehead atoms. The molecule has 0 aromatic heterocycles. The number of nitrogens with zero attached hydrogens (tertiary/aromatic N) is 1. The number of thiocarbonyl (C=S) groups is 1. The van der Waals surface area contributed by atoms with E-state index in [0.717, 1.165) is 5.56 Å². The molecule has 0 unspecified atom stereocenters. The van der Waals surface area contributed by atoms with Crippen LogP contribution in [-0.2, 0) is 0 Å². The number of aryl methyl sites for hydroxylation is 1. The van der Waals surface area contributed by atoms with Crippen molar-refractivity contribution in [3.8, 4) is 11.5 Å². The van der Waals surface area contributed by atoms with Crippen LogP contribution in [0.4, 0.5) is 5.69 Å². The lowest BCUT2D eigenvalue weighted by atomic mass is 10.1. The first-order valence-corrected chi connectivity index (χ1v) is 6.60. The summed E-state index contributed by atoms with van der Waals surface area (Å²) in [6.45, 7) is 1.82. The maximum Gasteiger partial charge on any atom is 0.347 e. The van der Waals surface area contributed by atoms with E-state index in [2.05, 4.69) is 22.4 Å². The van der Waals surface area contributed by atoms with Crippen molar-refractivity contribution in [3.05, 3.63) is 53.6 Å². The maximum absolute atomic E-state index is 12.2. The fraction of sp³-hybridized carbons (Fsp3) is 0.125. The Kier molecular flexibility index (Phi) is 4.82. The van der Waals surface area contributed by atoms with Crippen LogP contribution in [0.25, 0.3) is 0 Å². The predicted molar refractivity (Wildman–Crippen MR) is 83.8 cm³/mol. The third-order valence-corrected chi connectivity index (χ3v) is 2.95. The number of aliphatic imine (C=N–C) groups is 1. The van der Waals surface area contributed by atoms with Gasteiger partial charge in [0.2, 0.25) is 0 Å². The normalized spacial score (nSPS) is 9.62. The second kappa shape index (κ2) is 6.79. The van der Waals surface area contributed by atoms with Crippen LogP contribution in [0.2, 0.25) is 0 Å². The molecule has 0 aliphatic rings. The fourth-order valence-electron chi connectivity index (χ4n) is 1.83. The van der Waals surface area contributed by atoms with E-state index < -0.39 is 5.97 Å². The number of ether oxygens (including phenoxy) is 2. The van der Waals surface area contributed by atoms with E-state index in [4.69, 9.17) is 9.47 Å². The van der Waals surface area contributed by atoms with Gasteiger partial charge in [0.25, 0.3) is 0 Å². The molecule has 0 aliphatic heterocycles. The van der Waals surface area contributed by atoms with Crippen molar-refractivity contribution in [1.29, 1.82) is 0 Å². The molecule has 0 N–H and O–H groups in total. The highest BCUT2D eigenvalue weighted by molar-refractivity contribution is 7.78. The number of carbonyl (C=O) groups is 1. The van der Waals surface area contributed by atoms with Crippen molar-refractivity contribution in [2.45, 2.75) is 6.92 Å². The molecule has 21 heavy (non-hydrogen) atoms. The number of esters is 1. The van der Waals surface area contributed by atoms with Gasteiger partial charge in [-0.05, 0) is 42.9 Å². The molecule has 106 valence electrons. The molecule has 5 heteroatoms.